The molecule has 0 saturated heterocycles. The van der Waals surface area contributed by atoms with Gasteiger partial charge in [-0.25, -0.2) is 10.4 Å². The molecule has 0 aliphatic heterocycles. The number of hydrogen-bond donors (Lipinski definition) is 1. The predicted octanol–water partition coefficient (Wildman–Crippen LogP) is 3.60. The maximum Gasteiger partial charge on any atom is 0.257 e. The molecule has 5 nitrogen and oxygen atoms in total. The number of carbonyl (C=O) groups excluding carboxylic acids is 1. The van der Waals surface area contributed by atoms with E-state index in [1.54, 1.807) is 0 Å². The van der Waals surface area contributed by atoms with Crippen LogP contribution in [0.15, 0.2) is 39.0 Å². The molecule has 3 rings (SSSR count). The van der Waals surface area contributed by atoms with Gasteiger partial charge in [0.25, 0.3) is 11.1 Å². The zero-order valence-corrected chi connectivity index (χ0v) is 13.4. The van der Waals surface area contributed by atoms with Crippen molar-refractivity contribution in [2.24, 2.45) is 11.0 Å². The molecular weight excluding hydrogens is 298 g/mol. The molecule has 0 radical (unpaired) electrons. The van der Waals surface area contributed by atoms with Crippen molar-refractivity contribution in [1.29, 1.82) is 0 Å². The van der Waals surface area contributed by atoms with Gasteiger partial charge in [-0.15, -0.1) is 0 Å². The van der Waals surface area contributed by atoms with Gasteiger partial charge < -0.3 is 4.42 Å². The summed E-state index contributed by atoms with van der Waals surface area (Å²) in [6.07, 6.45) is 4.38. The Kier molecular flexibility index (Phi) is 4.77. The number of nitrogens with one attached hydrogen (secondary N) is 1. The first kappa shape index (κ1) is 15.1. The number of thioether (sulfide) groups is 1. The lowest BCUT2D eigenvalue weighted by Gasteiger charge is -2.18. The topological polar surface area (TPSA) is 67.5 Å². The lowest BCUT2D eigenvalue weighted by Crippen LogP contribution is -2.23. The third-order valence-corrected chi connectivity index (χ3v) is 4.51. The minimum absolute atomic E-state index is 0.127. The molecule has 1 unspecified atom stereocenters. The standard InChI is InChI=1S/C16H19N3O2S/c1-11-5-4-6-12(9-11)18-19-15(20)10-22-16-17-13-7-2-3-8-14(13)21-16/h2-3,7-8,11H,4-6,9-10H2,1H3,(H,19,20)/b18-12-. The fourth-order valence-corrected chi connectivity index (χ4v) is 3.21. The van der Waals surface area contributed by atoms with Gasteiger partial charge >= 0.3 is 0 Å². The van der Waals surface area contributed by atoms with E-state index in [2.05, 4.69) is 22.4 Å². The normalized spacial score (nSPS) is 20.4. The summed E-state index contributed by atoms with van der Waals surface area (Å²) in [5, 5.41) is 4.75. The molecule has 2 aromatic rings. The molecule has 1 N–H and O–H groups in total. The summed E-state index contributed by atoms with van der Waals surface area (Å²) >= 11 is 1.28. The maximum absolute atomic E-state index is 11.8. The SMILES string of the molecule is CC1CCC/C(=N/NC(=O)CSc2nc3ccccc3o2)C1. The molecule has 1 aromatic carbocycles. The summed E-state index contributed by atoms with van der Waals surface area (Å²) in [4.78, 5) is 16.2. The van der Waals surface area contributed by atoms with E-state index in [1.165, 1.54) is 18.2 Å². The van der Waals surface area contributed by atoms with Crippen LogP contribution in [0.2, 0.25) is 0 Å². The number of para-hydroxylation sites is 2. The van der Waals surface area contributed by atoms with Crippen molar-refractivity contribution in [3.8, 4) is 0 Å². The van der Waals surface area contributed by atoms with Crippen LogP contribution in [0, 0.1) is 5.92 Å². The van der Waals surface area contributed by atoms with Crippen LogP contribution < -0.4 is 5.43 Å². The minimum atomic E-state index is -0.127. The number of carbonyl (C=O) groups is 1. The van der Waals surface area contributed by atoms with Crippen LogP contribution in [0.3, 0.4) is 0 Å². The zero-order valence-electron chi connectivity index (χ0n) is 12.5. The Morgan fingerprint density at radius 1 is 1.50 bits per heavy atom. The van der Waals surface area contributed by atoms with Crippen molar-refractivity contribution >= 4 is 34.5 Å². The van der Waals surface area contributed by atoms with Crippen molar-refractivity contribution in [3.63, 3.8) is 0 Å². The number of amides is 1. The monoisotopic (exact) mass is 317 g/mol. The molecular formula is C16H19N3O2S. The Morgan fingerprint density at radius 2 is 2.36 bits per heavy atom. The molecule has 22 heavy (non-hydrogen) atoms. The molecule has 0 bridgehead atoms. The van der Waals surface area contributed by atoms with Crippen LogP contribution in [-0.2, 0) is 4.79 Å². The van der Waals surface area contributed by atoms with Gasteiger partial charge in [0, 0.05) is 5.71 Å². The smallest absolute Gasteiger partial charge is 0.257 e. The van der Waals surface area contributed by atoms with E-state index in [9.17, 15) is 4.79 Å². The van der Waals surface area contributed by atoms with Crippen molar-refractivity contribution < 1.29 is 9.21 Å². The van der Waals surface area contributed by atoms with E-state index in [0.717, 1.165) is 36.1 Å². The third-order valence-electron chi connectivity index (χ3n) is 3.69. The summed E-state index contributed by atoms with van der Waals surface area (Å²) in [6, 6.07) is 7.56. The average Bonchev–Trinajstić information content (AvgIpc) is 2.94. The van der Waals surface area contributed by atoms with E-state index in [-0.39, 0.29) is 11.7 Å². The Morgan fingerprint density at radius 3 is 3.18 bits per heavy atom. The van der Waals surface area contributed by atoms with E-state index >= 15 is 0 Å². The second-order valence-corrected chi connectivity index (χ2v) is 6.58. The molecule has 0 spiro atoms. The molecule has 1 fully saturated rings. The first-order chi connectivity index (χ1) is 10.7. The number of nitrogens with zero attached hydrogens (tertiary/aromatic N) is 2. The summed E-state index contributed by atoms with van der Waals surface area (Å²) in [6.45, 7) is 2.22. The number of hydrogen-bond acceptors (Lipinski definition) is 5. The van der Waals surface area contributed by atoms with Gasteiger partial charge in [0.1, 0.15) is 5.52 Å². The number of rotatable bonds is 4. The molecule has 6 heteroatoms. The van der Waals surface area contributed by atoms with Crippen LogP contribution in [0.1, 0.15) is 32.6 Å². The number of aromatic nitrogens is 1. The molecule has 1 aliphatic rings. The van der Waals surface area contributed by atoms with Crippen LogP contribution in [-0.4, -0.2) is 22.4 Å². The molecule has 116 valence electrons. The van der Waals surface area contributed by atoms with Gasteiger partial charge in [-0.3, -0.25) is 4.79 Å². The van der Waals surface area contributed by atoms with Crippen LogP contribution in [0.5, 0.6) is 0 Å². The van der Waals surface area contributed by atoms with Gasteiger partial charge in [-0.1, -0.05) is 30.8 Å². The molecule has 1 atom stereocenters. The first-order valence-corrected chi connectivity index (χ1v) is 8.52. The lowest BCUT2D eigenvalue weighted by molar-refractivity contribution is -0.118. The van der Waals surface area contributed by atoms with Crippen LogP contribution in [0.4, 0.5) is 0 Å². The molecule has 1 saturated carbocycles. The number of hydrazone groups is 1. The van der Waals surface area contributed by atoms with E-state index in [1.807, 2.05) is 24.3 Å². The van der Waals surface area contributed by atoms with Crippen LogP contribution in [0.25, 0.3) is 11.1 Å². The van der Waals surface area contributed by atoms with E-state index in [4.69, 9.17) is 4.42 Å². The van der Waals surface area contributed by atoms with E-state index < -0.39 is 0 Å². The lowest BCUT2D eigenvalue weighted by atomic mass is 9.89. The average molecular weight is 317 g/mol. The van der Waals surface area contributed by atoms with Crippen molar-refractivity contribution in [2.45, 2.75) is 37.8 Å². The Labute approximate surface area is 133 Å². The van der Waals surface area contributed by atoms with Gasteiger partial charge in [-0.05, 0) is 43.7 Å². The van der Waals surface area contributed by atoms with Gasteiger partial charge in [0.15, 0.2) is 5.58 Å². The van der Waals surface area contributed by atoms with Crippen molar-refractivity contribution in [2.75, 3.05) is 5.75 Å². The zero-order chi connectivity index (χ0) is 15.4. The second kappa shape index (κ2) is 6.96. The molecule has 1 heterocycles. The fraction of sp³-hybridized carbons (Fsp3) is 0.438. The third kappa shape index (κ3) is 3.88. The minimum Gasteiger partial charge on any atom is -0.431 e. The highest BCUT2D eigenvalue weighted by Gasteiger charge is 2.14. The van der Waals surface area contributed by atoms with Crippen molar-refractivity contribution in [1.82, 2.24) is 10.4 Å². The van der Waals surface area contributed by atoms with E-state index in [0.29, 0.717) is 11.1 Å². The molecule has 1 aliphatic carbocycles. The quantitative estimate of drug-likeness (QED) is 0.691. The fourth-order valence-electron chi connectivity index (χ4n) is 2.58. The Balaban J connectivity index is 1.50. The number of oxazole rings is 1. The number of benzene rings is 1. The highest BCUT2D eigenvalue weighted by Crippen LogP contribution is 2.23. The van der Waals surface area contributed by atoms with Crippen molar-refractivity contribution in [3.05, 3.63) is 24.3 Å². The first-order valence-electron chi connectivity index (χ1n) is 7.53. The largest absolute Gasteiger partial charge is 0.431 e. The summed E-state index contributed by atoms with van der Waals surface area (Å²) in [5.41, 5.74) is 5.28. The Bertz CT molecular complexity index is 663. The predicted molar refractivity (Wildman–Crippen MR) is 87.9 cm³/mol. The highest BCUT2D eigenvalue weighted by atomic mass is 32.2. The van der Waals surface area contributed by atoms with Gasteiger partial charge in [0.05, 0.1) is 5.75 Å². The summed E-state index contributed by atoms with van der Waals surface area (Å²) < 4.78 is 5.56. The highest BCUT2D eigenvalue weighted by molar-refractivity contribution is 7.99. The number of fused-ring (bicyclic) bond motifs is 1. The molecule has 1 amide bonds. The van der Waals surface area contributed by atoms with Crippen LogP contribution >= 0.6 is 11.8 Å². The summed E-state index contributed by atoms with van der Waals surface area (Å²) in [5.74, 6) is 0.788. The maximum atomic E-state index is 11.8. The molecule has 1 aromatic heterocycles. The second-order valence-electron chi connectivity index (χ2n) is 5.65. The summed E-state index contributed by atoms with van der Waals surface area (Å²) in [7, 11) is 0. The Hall–Kier alpha value is -1.82. The van der Waals surface area contributed by atoms with Gasteiger partial charge in [-0.2, -0.15) is 5.10 Å². The van der Waals surface area contributed by atoms with Gasteiger partial charge in [0.2, 0.25) is 0 Å².